The Morgan fingerprint density at radius 2 is 2.17 bits per heavy atom. The maximum Gasteiger partial charge on any atom is 0.235 e. The number of nitrogens with one attached hydrogen (secondary N) is 1. The van der Waals surface area contributed by atoms with Gasteiger partial charge in [0.2, 0.25) is 5.91 Å². The highest BCUT2D eigenvalue weighted by atomic mass is 32.2. The van der Waals surface area contributed by atoms with E-state index < -0.39 is 11.6 Å². The lowest BCUT2D eigenvalue weighted by Crippen LogP contribution is -2.14. The van der Waals surface area contributed by atoms with E-state index in [4.69, 9.17) is 0 Å². The Bertz CT molecular complexity index is 811. The molecule has 23 heavy (non-hydrogen) atoms. The number of nitrogens with zero attached hydrogens (tertiary/aromatic N) is 1. The van der Waals surface area contributed by atoms with Gasteiger partial charge in [-0.3, -0.25) is 4.79 Å². The van der Waals surface area contributed by atoms with Crippen LogP contribution in [0.2, 0.25) is 0 Å². The molecular weight excluding hydrogens is 338 g/mol. The van der Waals surface area contributed by atoms with Crippen LogP contribution in [-0.2, 0) is 17.6 Å². The average molecular weight is 350 g/mol. The Kier molecular flexibility index (Phi) is 4.64. The number of rotatable bonds is 4. The van der Waals surface area contributed by atoms with E-state index >= 15 is 0 Å². The Balaban J connectivity index is 1.64. The molecule has 118 valence electrons. The largest absolute Gasteiger partial charge is 0.316 e. The minimum absolute atomic E-state index is 0.0680. The number of hydrogen-bond acceptors (Lipinski definition) is 4. The first-order valence-corrected chi connectivity index (χ1v) is 8.81. The van der Waals surface area contributed by atoms with Gasteiger partial charge in [0.05, 0.1) is 11.3 Å². The van der Waals surface area contributed by atoms with Crippen molar-refractivity contribution in [3.05, 3.63) is 45.8 Å². The molecule has 1 aromatic heterocycles. The molecule has 1 aromatic carbocycles. The lowest BCUT2D eigenvalue weighted by Gasteiger charge is -2.04. The molecule has 0 fully saturated rings. The molecule has 0 spiro atoms. The molecule has 0 saturated carbocycles. The lowest BCUT2D eigenvalue weighted by molar-refractivity contribution is -0.113. The molecule has 2 aromatic rings. The summed E-state index contributed by atoms with van der Waals surface area (Å²) in [5.74, 6) is -2.04. The zero-order valence-electron chi connectivity index (χ0n) is 12.0. The number of thioether (sulfide) groups is 1. The van der Waals surface area contributed by atoms with E-state index in [0.29, 0.717) is 15.5 Å². The van der Waals surface area contributed by atoms with Crippen LogP contribution >= 0.6 is 23.1 Å². The summed E-state index contributed by atoms with van der Waals surface area (Å²) in [4.78, 5) is 13.7. The SMILES string of the molecule is N#Cc1c(NC(=O)CSc2ccc(F)c(F)c2)sc2c1CCC2. The third-order valence-electron chi connectivity index (χ3n) is 3.55. The van der Waals surface area contributed by atoms with E-state index in [0.717, 1.165) is 48.7 Å². The maximum absolute atomic E-state index is 13.1. The van der Waals surface area contributed by atoms with Gasteiger partial charge in [0.15, 0.2) is 11.6 Å². The molecular formula is C16H12F2N2OS2. The molecule has 1 N–H and O–H groups in total. The zero-order chi connectivity index (χ0) is 16.4. The van der Waals surface area contributed by atoms with Gasteiger partial charge in [-0.1, -0.05) is 0 Å². The highest BCUT2D eigenvalue weighted by Gasteiger charge is 2.23. The molecule has 3 nitrogen and oxygen atoms in total. The van der Waals surface area contributed by atoms with Crippen molar-refractivity contribution in [3.8, 4) is 6.07 Å². The third-order valence-corrected chi connectivity index (χ3v) is 5.75. The minimum Gasteiger partial charge on any atom is -0.316 e. The summed E-state index contributed by atoms with van der Waals surface area (Å²) in [6, 6.07) is 5.69. The second-order valence-corrected chi connectivity index (χ2v) is 7.24. The number of amides is 1. The Labute approximate surface area is 140 Å². The highest BCUT2D eigenvalue weighted by Crippen LogP contribution is 2.38. The number of benzene rings is 1. The van der Waals surface area contributed by atoms with E-state index in [-0.39, 0.29) is 11.7 Å². The van der Waals surface area contributed by atoms with Crippen LogP contribution in [0.5, 0.6) is 0 Å². The van der Waals surface area contributed by atoms with Crippen molar-refractivity contribution in [2.24, 2.45) is 0 Å². The highest BCUT2D eigenvalue weighted by molar-refractivity contribution is 8.00. The van der Waals surface area contributed by atoms with Crippen LogP contribution in [0.25, 0.3) is 0 Å². The summed E-state index contributed by atoms with van der Waals surface area (Å²) in [5.41, 5.74) is 1.62. The molecule has 0 radical (unpaired) electrons. The first-order chi connectivity index (χ1) is 11.1. The van der Waals surface area contributed by atoms with Gasteiger partial charge in [0.1, 0.15) is 11.1 Å². The molecule has 1 amide bonds. The van der Waals surface area contributed by atoms with Crippen LogP contribution in [0.4, 0.5) is 13.8 Å². The zero-order valence-corrected chi connectivity index (χ0v) is 13.6. The number of nitriles is 1. The number of carbonyl (C=O) groups excluding carboxylic acids is 1. The van der Waals surface area contributed by atoms with Gasteiger partial charge in [-0.15, -0.1) is 23.1 Å². The van der Waals surface area contributed by atoms with Crippen molar-refractivity contribution in [3.63, 3.8) is 0 Å². The fourth-order valence-corrected chi connectivity index (χ4v) is 4.47. The van der Waals surface area contributed by atoms with Crippen LogP contribution in [0, 0.1) is 23.0 Å². The number of anilines is 1. The van der Waals surface area contributed by atoms with Crippen LogP contribution in [0.1, 0.15) is 22.4 Å². The van der Waals surface area contributed by atoms with E-state index in [1.54, 1.807) is 0 Å². The van der Waals surface area contributed by atoms with Gasteiger partial charge in [0.25, 0.3) is 0 Å². The first kappa shape index (κ1) is 16.0. The van der Waals surface area contributed by atoms with E-state index in [9.17, 15) is 18.8 Å². The molecule has 1 aliphatic carbocycles. The Hall–Kier alpha value is -1.91. The van der Waals surface area contributed by atoms with Gasteiger partial charge >= 0.3 is 0 Å². The van der Waals surface area contributed by atoms with E-state index in [1.165, 1.54) is 22.3 Å². The lowest BCUT2D eigenvalue weighted by atomic mass is 10.1. The normalized spacial score (nSPS) is 12.7. The quantitative estimate of drug-likeness (QED) is 0.844. The van der Waals surface area contributed by atoms with Crippen molar-refractivity contribution < 1.29 is 13.6 Å². The predicted molar refractivity (Wildman–Crippen MR) is 86.8 cm³/mol. The van der Waals surface area contributed by atoms with Crippen LogP contribution in [0.3, 0.4) is 0 Å². The first-order valence-electron chi connectivity index (χ1n) is 7.01. The second-order valence-electron chi connectivity index (χ2n) is 5.09. The molecule has 1 heterocycles. The topological polar surface area (TPSA) is 52.9 Å². The van der Waals surface area contributed by atoms with Gasteiger partial charge in [-0.25, -0.2) is 8.78 Å². The van der Waals surface area contributed by atoms with Crippen molar-refractivity contribution in [1.29, 1.82) is 5.26 Å². The molecule has 0 aliphatic heterocycles. The molecule has 1 aliphatic rings. The van der Waals surface area contributed by atoms with Gasteiger partial charge in [0, 0.05) is 9.77 Å². The molecule has 0 bridgehead atoms. The van der Waals surface area contributed by atoms with Gasteiger partial charge in [-0.2, -0.15) is 5.26 Å². The summed E-state index contributed by atoms with van der Waals surface area (Å²) in [5, 5.41) is 12.6. The third kappa shape index (κ3) is 3.38. The summed E-state index contributed by atoms with van der Waals surface area (Å²) < 4.78 is 26.0. The fourth-order valence-electron chi connectivity index (χ4n) is 2.49. The van der Waals surface area contributed by atoms with Crippen molar-refractivity contribution in [1.82, 2.24) is 0 Å². The second kappa shape index (κ2) is 6.69. The molecule has 3 rings (SSSR count). The van der Waals surface area contributed by atoms with E-state index in [2.05, 4.69) is 11.4 Å². The summed E-state index contributed by atoms with van der Waals surface area (Å²) in [6.45, 7) is 0. The van der Waals surface area contributed by atoms with Crippen LogP contribution in [-0.4, -0.2) is 11.7 Å². The van der Waals surface area contributed by atoms with E-state index in [1.807, 2.05) is 0 Å². The van der Waals surface area contributed by atoms with Crippen LogP contribution in [0.15, 0.2) is 23.1 Å². The number of hydrogen-bond donors (Lipinski definition) is 1. The van der Waals surface area contributed by atoms with Crippen molar-refractivity contribution in [2.75, 3.05) is 11.1 Å². The van der Waals surface area contributed by atoms with Crippen molar-refractivity contribution >= 4 is 34.0 Å². The van der Waals surface area contributed by atoms with Gasteiger partial charge in [-0.05, 0) is 43.0 Å². The van der Waals surface area contributed by atoms with Crippen LogP contribution < -0.4 is 5.32 Å². The number of halogens is 2. The molecule has 7 heteroatoms. The Morgan fingerprint density at radius 1 is 1.35 bits per heavy atom. The standard InChI is InChI=1S/C16H12F2N2OS2/c17-12-5-4-9(6-13(12)18)22-8-15(21)20-16-11(7-19)10-2-1-3-14(10)23-16/h4-6H,1-3,8H2,(H,20,21). The molecule has 0 unspecified atom stereocenters. The number of thiophene rings is 1. The fraction of sp³-hybridized carbons (Fsp3) is 0.250. The van der Waals surface area contributed by atoms with Crippen molar-refractivity contribution in [2.45, 2.75) is 24.2 Å². The predicted octanol–water partition coefficient (Wildman–Crippen LogP) is 4.12. The molecule has 0 atom stereocenters. The minimum atomic E-state index is -0.933. The number of carbonyl (C=O) groups is 1. The summed E-state index contributed by atoms with van der Waals surface area (Å²) in [7, 11) is 0. The maximum atomic E-state index is 13.1. The Morgan fingerprint density at radius 3 is 2.91 bits per heavy atom. The van der Waals surface area contributed by atoms with Gasteiger partial charge < -0.3 is 5.32 Å². The monoisotopic (exact) mass is 350 g/mol. The smallest absolute Gasteiger partial charge is 0.235 e. The summed E-state index contributed by atoms with van der Waals surface area (Å²) >= 11 is 2.57. The molecule has 0 saturated heterocycles. The summed E-state index contributed by atoms with van der Waals surface area (Å²) in [6.07, 6.45) is 2.89. The number of fused-ring (bicyclic) bond motifs is 1. The number of aryl methyl sites for hydroxylation is 1. The average Bonchev–Trinajstić information content (AvgIpc) is 3.09.